The smallest absolute Gasteiger partial charge is 0.241 e. The number of hydrogen-bond donors (Lipinski definition) is 2. The van der Waals surface area contributed by atoms with Crippen molar-refractivity contribution < 1.29 is 13.9 Å². The highest BCUT2D eigenvalue weighted by atomic mass is 19.1. The molecule has 3 rings (SSSR count). The number of ether oxygens (including phenoxy) is 1. The highest BCUT2D eigenvalue weighted by Crippen LogP contribution is 2.26. The summed E-state index contributed by atoms with van der Waals surface area (Å²) in [5, 5.41) is 6.25. The van der Waals surface area contributed by atoms with E-state index in [0.717, 1.165) is 17.5 Å². The molecule has 0 saturated heterocycles. The molecule has 0 saturated carbocycles. The molecule has 156 valence electrons. The molecule has 5 heteroatoms. The number of anilines is 1. The lowest BCUT2D eigenvalue weighted by Crippen LogP contribution is -2.40. The van der Waals surface area contributed by atoms with Gasteiger partial charge >= 0.3 is 0 Å². The summed E-state index contributed by atoms with van der Waals surface area (Å²) in [6, 6.07) is 21.0. The minimum atomic E-state index is -0.533. The van der Waals surface area contributed by atoms with E-state index < -0.39 is 6.04 Å². The standard InChI is InChI=1S/C25H27FN2O2/c1-4-18-12-14-19(15-13-18)24(20-8-7-9-21(26)16-20)27-17(2)25(29)28-22-10-5-6-11-23(22)30-3/h5-17,24,27H,4H2,1-3H3,(H,28,29)/t17-,24+/m0/s1. The highest BCUT2D eigenvalue weighted by Gasteiger charge is 2.22. The fourth-order valence-corrected chi connectivity index (χ4v) is 3.33. The molecule has 1 amide bonds. The van der Waals surface area contributed by atoms with Crippen LogP contribution in [0.1, 0.15) is 36.6 Å². The number of nitrogens with one attached hydrogen (secondary N) is 2. The van der Waals surface area contributed by atoms with Crippen molar-refractivity contribution in [2.45, 2.75) is 32.4 Å². The molecule has 4 nitrogen and oxygen atoms in total. The minimum absolute atomic E-state index is 0.203. The molecule has 0 aliphatic carbocycles. The van der Waals surface area contributed by atoms with Crippen LogP contribution >= 0.6 is 0 Å². The quantitative estimate of drug-likeness (QED) is 0.547. The molecule has 30 heavy (non-hydrogen) atoms. The first-order valence-corrected chi connectivity index (χ1v) is 10.1. The van der Waals surface area contributed by atoms with Crippen LogP contribution in [0.2, 0.25) is 0 Å². The second-order valence-electron chi connectivity index (χ2n) is 7.16. The number of methoxy groups -OCH3 is 1. The molecule has 0 spiro atoms. The van der Waals surface area contributed by atoms with Gasteiger partial charge in [-0.2, -0.15) is 0 Å². The molecule has 0 unspecified atom stereocenters. The van der Waals surface area contributed by atoms with Crippen LogP contribution in [0.3, 0.4) is 0 Å². The Hall–Kier alpha value is -3.18. The monoisotopic (exact) mass is 406 g/mol. The van der Waals surface area contributed by atoms with Crippen LogP contribution in [0, 0.1) is 5.82 Å². The van der Waals surface area contributed by atoms with Crippen molar-refractivity contribution in [3.05, 3.63) is 95.3 Å². The van der Waals surface area contributed by atoms with E-state index in [0.29, 0.717) is 11.4 Å². The summed E-state index contributed by atoms with van der Waals surface area (Å²) < 4.78 is 19.2. The zero-order chi connectivity index (χ0) is 21.5. The number of carbonyl (C=O) groups is 1. The van der Waals surface area contributed by atoms with E-state index in [-0.39, 0.29) is 17.8 Å². The third-order valence-electron chi connectivity index (χ3n) is 5.08. The first-order valence-electron chi connectivity index (χ1n) is 10.1. The average Bonchev–Trinajstić information content (AvgIpc) is 2.77. The summed E-state index contributed by atoms with van der Waals surface area (Å²) in [6.45, 7) is 3.89. The molecule has 2 N–H and O–H groups in total. The normalized spacial score (nSPS) is 12.8. The summed E-state index contributed by atoms with van der Waals surface area (Å²) in [5.41, 5.74) is 3.55. The second-order valence-corrected chi connectivity index (χ2v) is 7.16. The maximum Gasteiger partial charge on any atom is 0.241 e. The largest absolute Gasteiger partial charge is 0.495 e. The van der Waals surface area contributed by atoms with Crippen molar-refractivity contribution in [3.8, 4) is 5.75 Å². The summed E-state index contributed by atoms with van der Waals surface area (Å²) in [7, 11) is 1.56. The molecule has 0 aromatic heterocycles. The second kappa shape index (κ2) is 10.0. The molecule has 0 heterocycles. The lowest BCUT2D eigenvalue weighted by molar-refractivity contribution is -0.117. The zero-order valence-corrected chi connectivity index (χ0v) is 17.5. The lowest BCUT2D eigenvalue weighted by Gasteiger charge is -2.24. The Morgan fingerprint density at radius 2 is 1.73 bits per heavy atom. The van der Waals surface area contributed by atoms with E-state index in [1.54, 1.807) is 32.2 Å². The maximum atomic E-state index is 13.9. The third-order valence-corrected chi connectivity index (χ3v) is 5.08. The molecule has 0 fully saturated rings. The number of amides is 1. The zero-order valence-electron chi connectivity index (χ0n) is 17.5. The van der Waals surface area contributed by atoms with Gasteiger partial charge in [-0.05, 0) is 54.3 Å². The summed E-state index contributed by atoms with van der Waals surface area (Å²) in [4.78, 5) is 12.8. The topological polar surface area (TPSA) is 50.4 Å². The van der Waals surface area contributed by atoms with E-state index in [1.165, 1.54) is 17.7 Å². The van der Waals surface area contributed by atoms with Gasteiger partial charge in [-0.1, -0.05) is 55.5 Å². The van der Waals surface area contributed by atoms with Gasteiger partial charge in [0.25, 0.3) is 0 Å². The van der Waals surface area contributed by atoms with Crippen molar-refractivity contribution in [3.63, 3.8) is 0 Å². The van der Waals surface area contributed by atoms with E-state index in [1.807, 2.05) is 30.3 Å². The van der Waals surface area contributed by atoms with Crippen LogP contribution < -0.4 is 15.4 Å². The van der Waals surface area contributed by atoms with E-state index in [9.17, 15) is 9.18 Å². The highest BCUT2D eigenvalue weighted by molar-refractivity contribution is 5.95. The summed E-state index contributed by atoms with van der Waals surface area (Å²) >= 11 is 0. The van der Waals surface area contributed by atoms with Gasteiger partial charge in [-0.3, -0.25) is 10.1 Å². The fourth-order valence-electron chi connectivity index (χ4n) is 3.33. The van der Waals surface area contributed by atoms with Crippen molar-refractivity contribution in [1.29, 1.82) is 0 Å². The molecule has 0 aliphatic rings. The Labute approximate surface area is 177 Å². The molecule has 2 atom stereocenters. The van der Waals surface area contributed by atoms with E-state index in [4.69, 9.17) is 4.74 Å². The summed E-state index contributed by atoms with van der Waals surface area (Å²) in [6.07, 6.45) is 0.941. The fraction of sp³-hybridized carbons (Fsp3) is 0.240. The first kappa shape index (κ1) is 21.5. The van der Waals surface area contributed by atoms with E-state index in [2.05, 4.69) is 29.7 Å². The number of para-hydroxylation sites is 2. The van der Waals surface area contributed by atoms with Crippen molar-refractivity contribution in [2.24, 2.45) is 0 Å². The third kappa shape index (κ3) is 5.24. The molecule has 3 aromatic rings. The Morgan fingerprint density at radius 3 is 2.40 bits per heavy atom. The molecule has 0 radical (unpaired) electrons. The Bertz CT molecular complexity index is 988. The molecule has 0 aliphatic heterocycles. The van der Waals surface area contributed by atoms with Gasteiger partial charge in [0, 0.05) is 0 Å². The van der Waals surface area contributed by atoms with Gasteiger partial charge in [-0.25, -0.2) is 4.39 Å². The maximum absolute atomic E-state index is 13.9. The van der Waals surface area contributed by atoms with Crippen LogP contribution in [0.4, 0.5) is 10.1 Å². The number of rotatable bonds is 8. The predicted octanol–water partition coefficient (Wildman–Crippen LogP) is 5.10. The van der Waals surface area contributed by atoms with Gasteiger partial charge in [0.1, 0.15) is 11.6 Å². The SMILES string of the molecule is CCc1ccc([C@@H](N[C@@H](C)C(=O)Nc2ccccc2OC)c2cccc(F)c2)cc1. The van der Waals surface area contributed by atoms with Crippen molar-refractivity contribution >= 4 is 11.6 Å². The Kier molecular flexibility index (Phi) is 7.20. The van der Waals surface area contributed by atoms with Gasteiger partial charge in [-0.15, -0.1) is 0 Å². The van der Waals surface area contributed by atoms with E-state index >= 15 is 0 Å². The van der Waals surface area contributed by atoms with Crippen LogP contribution in [0.25, 0.3) is 0 Å². The van der Waals surface area contributed by atoms with Gasteiger partial charge in [0.2, 0.25) is 5.91 Å². The van der Waals surface area contributed by atoms with Crippen LogP contribution in [0.15, 0.2) is 72.8 Å². The number of aryl methyl sites for hydroxylation is 1. The first-order chi connectivity index (χ1) is 14.5. The number of hydrogen-bond acceptors (Lipinski definition) is 3. The number of benzene rings is 3. The van der Waals surface area contributed by atoms with Gasteiger partial charge in [0.15, 0.2) is 0 Å². The molecule has 3 aromatic carbocycles. The number of halogens is 1. The molecular weight excluding hydrogens is 379 g/mol. The minimum Gasteiger partial charge on any atom is -0.495 e. The Morgan fingerprint density at radius 1 is 1.00 bits per heavy atom. The lowest BCUT2D eigenvalue weighted by atomic mass is 9.96. The van der Waals surface area contributed by atoms with Crippen molar-refractivity contribution in [2.75, 3.05) is 12.4 Å². The van der Waals surface area contributed by atoms with Crippen LogP contribution in [-0.4, -0.2) is 19.1 Å². The average molecular weight is 407 g/mol. The molecular formula is C25H27FN2O2. The molecule has 0 bridgehead atoms. The van der Waals surface area contributed by atoms with Gasteiger partial charge < -0.3 is 10.1 Å². The predicted molar refractivity (Wildman–Crippen MR) is 118 cm³/mol. The van der Waals surface area contributed by atoms with Crippen molar-refractivity contribution in [1.82, 2.24) is 5.32 Å². The van der Waals surface area contributed by atoms with Crippen LogP contribution in [-0.2, 0) is 11.2 Å². The number of carbonyl (C=O) groups excluding carboxylic acids is 1. The van der Waals surface area contributed by atoms with Gasteiger partial charge in [0.05, 0.1) is 24.9 Å². The van der Waals surface area contributed by atoms with Crippen LogP contribution in [0.5, 0.6) is 5.75 Å². The Balaban J connectivity index is 1.83. The summed E-state index contributed by atoms with van der Waals surface area (Å²) in [5.74, 6) is 0.0802.